The fourth-order valence-electron chi connectivity index (χ4n) is 1.41. The third kappa shape index (κ3) is 4.41. The van der Waals surface area contributed by atoms with Crippen LogP contribution in [0.2, 0.25) is 0 Å². The van der Waals surface area contributed by atoms with E-state index in [1.807, 2.05) is 0 Å². The number of nitrogens with one attached hydrogen (secondary N) is 1. The van der Waals surface area contributed by atoms with Crippen LogP contribution in [0.25, 0.3) is 0 Å². The van der Waals surface area contributed by atoms with E-state index in [1.54, 1.807) is 0 Å². The molecule has 0 aliphatic heterocycles. The van der Waals surface area contributed by atoms with Crippen molar-refractivity contribution in [1.29, 1.82) is 0 Å². The van der Waals surface area contributed by atoms with Crippen molar-refractivity contribution in [2.45, 2.75) is 12.6 Å². The van der Waals surface area contributed by atoms with Crippen LogP contribution in [-0.2, 0) is 0 Å². The maximum absolute atomic E-state index is 12.0. The number of hydrogen-bond donors (Lipinski definition) is 3. The third-order valence-corrected chi connectivity index (χ3v) is 3.16. The molecule has 1 aromatic carbocycles. The Morgan fingerprint density at radius 3 is 2.30 bits per heavy atom. The number of amides is 1. The smallest absolute Gasteiger partial charge is 0.390 e. The number of carbonyl (C=O) groups excluding carboxylic acids is 1. The van der Waals surface area contributed by atoms with Crippen LogP contribution in [0.1, 0.15) is 27.1 Å². The molecule has 0 aromatic heterocycles. The first kappa shape index (κ1) is 16.3. The van der Waals surface area contributed by atoms with Gasteiger partial charge in [0.2, 0.25) is 5.91 Å². The Morgan fingerprint density at radius 2 is 1.85 bits per heavy atom. The Kier molecular flexibility index (Phi) is 4.98. The number of hydrogen-bond acceptors (Lipinski definition) is 3. The molecule has 0 spiro atoms. The molecule has 1 rings (SSSR count). The molecule has 0 bridgehead atoms. The monoisotopic (exact) mass is 354 g/mol. The van der Waals surface area contributed by atoms with Gasteiger partial charge >= 0.3 is 12.1 Å². The molecule has 0 saturated carbocycles. The average molecular weight is 355 g/mol. The van der Waals surface area contributed by atoms with E-state index in [-0.39, 0.29) is 21.3 Å². The first-order valence-corrected chi connectivity index (χ1v) is 6.08. The maximum Gasteiger partial charge on any atom is 0.390 e. The van der Waals surface area contributed by atoms with Gasteiger partial charge < -0.3 is 16.2 Å². The van der Waals surface area contributed by atoms with Gasteiger partial charge in [-0.3, -0.25) is 4.79 Å². The molecule has 9 heteroatoms. The highest BCUT2D eigenvalue weighted by Gasteiger charge is 2.26. The quantitative estimate of drug-likeness (QED) is 0.757. The first-order valence-electron chi connectivity index (χ1n) is 5.29. The number of benzene rings is 1. The van der Waals surface area contributed by atoms with Crippen molar-refractivity contribution in [2.75, 3.05) is 11.9 Å². The average Bonchev–Trinajstić information content (AvgIpc) is 2.28. The third-order valence-electron chi connectivity index (χ3n) is 2.31. The second-order valence-corrected chi connectivity index (χ2v) is 4.64. The number of carbonyl (C=O) groups is 2. The summed E-state index contributed by atoms with van der Waals surface area (Å²) >= 11 is 2.93. The fourth-order valence-corrected chi connectivity index (χ4v) is 2.00. The molecular formula is C11H10BrF3N2O3. The normalized spacial score (nSPS) is 11.2. The highest BCUT2D eigenvalue weighted by Crippen LogP contribution is 2.27. The van der Waals surface area contributed by atoms with Gasteiger partial charge in [-0.2, -0.15) is 13.2 Å². The topological polar surface area (TPSA) is 92.4 Å². The van der Waals surface area contributed by atoms with Crippen LogP contribution in [0.3, 0.4) is 0 Å². The van der Waals surface area contributed by atoms with Crippen molar-refractivity contribution < 1.29 is 27.9 Å². The summed E-state index contributed by atoms with van der Waals surface area (Å²) in [4.78, 5) is 22.2. The predicted octanol–water partition coefficient (Wildman–Crippen LogP) is 2.61. The van der Waals surface area contributed by atoms with E-state index in [0.29, 0.717) is 0 Å². The Balaban J connectivity index is 3.03. The van der Waals surface area contributed by atoms with Crippen LogP contribution in [-0.4, -0.2) is 29.7 Å². The zero-order valence-electron chi connectivity index (χ0n) is 9.92. The SMILES string of the molecule is NC(=O)c1cc(NCCC(F)(F)F)cc(C(=O)O)c1Br. The summed E-state index contributed by atoms with van der Waals surface area (Å²) in [5.41, 5.74) is 4.76. The number of carboxylic acid groups (broad SMARTS) is 1. The summed E-state index contributed by atoms with van der Waals surface area (Å²) in [6.07, 6.45) is -5.41. The lowest BCUT2D eigenvalue weighted by Gasteiger charge is -2.12. The second-order valence-electron chi connectivity index (χ2n) is 3.85. The Labute approximate surface area is 120 Å². The maximum atomic E-state index is 12.0. The molecule has 0 aliphatic carbocycles. The summed E-state index contributed by atoms with van der Waals surface area (Å²) < 4.78 is 36.1. The lowest BCUT2D eigenvalue weighted by Crippen LogP contribution is -2.17. The van der Waals surface area contributed by atoms with Crippen LogP contribution in [0.4, 0.5) is 18.9 Å². The number of primary amides is 1. The predicted molar refractivity (Wildman–Crippen MR) is 68.8 cm³/mol. The lowest BCUT2D eigenvalue weighted by molar-refractivity contribution is -0.131. The number of nitrogens with two attached hydrogens (primary N) is 1. The molecule has 0 radical (unpaired) electrons. The number of aromatic carboxylic acids is 1. The van der Waals surface area contributed by atoms with Crippen molar-refractivity contribution in [3.63, 3.8) is 0 Å². The van der Waals surface area contributed by atoms with Gasteiger partial charge in [-0.25, -0.2) is 4.79 Å². The van der Waals surface area contributed by atoms with Gasteiger partial charge in [0.05, 0.1) is 17.5 Å². The summed E-state index contributed by atoms with van der Waals surface area (Å²) in [5, 5.41) is 11.4. The number of halogens is 4. The minimum Gasteiger partial charge on any atom is -0.478 e. The Morgan fingerprint density at radius 1 is 1.30 bits per heavy atom. The van der Waals surface area contributed by atoms with Crippen molar-refractivity contribution >= 4 is 33.5 Å². The summed E-state index contributed by atoms with van der Waals surface area (Å²) in [5.74, 6) is -2.22. The number of alkyl halides is 3. The Hall–Kier alpha value is -1.77. The van der Waals surface area contributed by atoms with Crippen molar-refractivity contribution in [3.05, 3.63) is 27.7 Å². The van der Waals surface area contributed by atoms with Crippen molar-refractivity contribution in [2.24, 2.45) is 5.73 Å². The summed E-state index contributed by atoms with van der Waals surface area (Å²) in [6.45, 7) is -0.442. The highest BCUT2D eigenvalue weighted by molar-refractivity contribution is 9.10. The molecule has 1 amide bonds. The van der Waals surface area contributed by atoms with Gasteiger partial charge in [0, 0.05) is 16.7 Å². The molecule has 0 aliphatic rings. The van der Waals surface area contributed by atoms with E-state index >= 15 is 0 Å². The standard InChI is InChI=1S/C11H10BrF3N2O3/c12-8-6(9(16)18)3-5(4-7(8)10(19)20)17-2-1-11(13,14)15/h3-4,17H,1-2H2,(H2,16,18)(H,19,20). The van der Waals surface area contributed by atoms with Gasteiger partial charge in [0.15, 0.2) is 0 Å². The minimum absolute atomic E-state index is 0.0149. The Bertz CT molecular complexity index is 511. The zero-order valence-corrected chi connectivity index (χ0v) is 11.5. The van der Waals surface area contributed by atoms with E-state index in [0.717, 1.165) is 6.07 Å². The van der Waals surface area contributed by atoms with Crippen LogP contribution in [0.5, 0.6) is 0 Å². The number of anilines is 1. The van der Waals surface area contributed by atoms with E-state index in [9.17, 15) is 22.8 Å². The molecule has 0 unspecified atom stereocenters. The molecule has 0 atom stereocenters. The van der Waals surface area contributed by atoms with E-state index in [1.165, 1.54) is 6.07 Å². The zero-order chi connectivity index (χ0) is 15.5. The van der Waals surface area contributed by atoms with Gasteiger partial charge in [0.25, 0.3) is 0 Å². The molecule has 1 aromatic rings. The molecular weight excluding hydrogens is 345 g/mol. The summed E-state index contributed by atoms with van der Waals surface area (Å²) in [6, 6.07) is 2.31. The van der Waals surface area contributed by atoms with Gasteiger partial charge in [-0.1, -0.05) is 0 Å². The van der Waals surface area contributed by atoms with Crippen LogP contribution < -0.4 is 11.1 Å². The van der Waals surface area contributed by atoms with Crippen molar-refractivity contribution in [3.8, 4) is 0 Å². The first-order chi connectivity index (χ1) is 9.11. The van der Waals surface area contributed by atoms with E-state index in [4.69, 9.17) is 10.8 Å². The molecule has 110 valence electrons. The molecule has 0 heterocycles. The molecule has 20 heavy (non-hydrogen) atoms. The molecule has 4 N–H and O–H groups in total. The largest absolute Gasteiger partial charge is 0.478 e. The molecule has 0 fully saturated rings. The van der Waals surface area contributed by atoms with Crippen LogP contribution >= 0.6 is 15.9 Å². The summed E-state index contributed by atoms with van der Waals surface area (Å²) in [7, 11) is 0. The lowest BCUT2D eigenvalue weighted by atomic mass is 10.1. The van der Waals surface area contributed by atoms with Crippen LogP contribution in [0, 0.1) is 0 Å². The molecule has 5 nitrogen and oxygen atoms in total. The van der Waals surface area contributed by atoms with Gasteiger partial charge in [0.1, 0.15) is 0 Å². The number of carboxylic acids is 1. The highest BCUT2D eigenvalue weighted by atomic mass is 79.9. The molecule has 0 saturated heterocycles. The van der Waals surface area contributed by atoms with Crippen LogP contribution in [0.15, 0.2) is 16.6 Å². The van der Waals surface area contributed by atoms with Crippen molar-refractivity contribution in [1.82, 2.24) is 0 Å². The number of rotatable bonds is 5. The van der Waals surface area contributed by atoms with E-state index in [2.05, 4.69) is 21.2 Å². The van der Waals surface area contributed by atoms with E-state index < -0.39 is 31.0 Å². The van der Waals surface area contributed by atoms with Gasteiger partial charge in [-0.05, 0) is 28.1 Å². The minimum atomic E-state index is -4.33. The van der Waals surface area contributed by atoms with Gasteiger partial charge in [-0.15, -0.1) is 0 Å². The second kappa shape index (κ2) is 6.12. The fraction of sp³-hybridized carbons (Fsp3) is 0.273.